The topological polar surface area (TPSA) is 69.3 Å². The third kappa shape index (κ3) is 2.86. The molecule has 0 aromatic carbocycles. The fraction of sp³-hybridized carbons (Fsp3) is 0.706. The van der Waals surface area contributed by atoms with Crippen LogP contribution in [0.4, 0.5) is 0 Å². The standard InChI is InChI=1S/C17H26N4O2/c1-12-13(2)18-19-14(12)5-6-15(22)21-10-8-17(11-21)7-4-9-20(3)16(17)23/h4-11H2,1-3H3,(H,18,19)/t17-/m1/s1. The van der Waals surface area contributed by atoms with Gasteiger partial charge in [0.05, 0.1) is 11.1 Å². The molecule has 23 heavy (non-hydrogen) atoms. The predicted octanol–water partition coefficient (Wildman–Crippen LogP) is 1.43. The summed E-state index contributed by atoms with van der Waals surface area (Å²) >= 11 is 0. The van der Waals surface area contributed by atoms with Crippen LogP contribution in [-0.4, -0.2) is 58.5 Å². The molecule has 1 spiro atoms. The summed E-state index contributed by atoms with van der Waals surface area (Å²) in [4.78, 5) is 28.7. The Morgan fingerprint density at radius 2 is 2.09 bits per heavy atom. The average molecular weight is 318 g/mol. The highest BCUT2D eigenvalue weighted by Gasteiger charge is 2.48. The second kappa shape index (κ2) is 5.98. The summed E-state index contributed by atoms with van der Waals surface area (Å²) in [6, 6.07) is 0. The van der Waals surface area contributed by atoms with E-state index in [2.05, 4.69) is 10.2 Å². The summed E-state index contributed by atoms with van der Waals surface area (Å²) in [5.74, 6) is 0.362. The van der Waals surface area contributed by atoms with Gasteiger partial charge in [-0.15, -0.1) is 0 Å². The van der Waals surface area contributed by atoms with Gasteiger partial charge in [-0.3, -0.25) is 14.7 Å². The molecule has 2 fully saturated rings. The molecule has 1 N–H and O–H groups in total. The Labute approximate surface area is 137 Å². The molecule has 6 heteroatoms. The number of rotatable bonds is 3. The van der Waals surface area contributed by atoms with Gasteiger partial charge < -0.3 is 9.80 Å². The van der Waals surface area contributed by atoms with Gasteiger partial charge in [-0.2, -0.15) is 5.10 Å². The van der Waals surface area contributed by atoms with Gasteiger partial charge in [0.1, 0.15) is 0 Å². The second-order valence-corrected chi connectivity index (χ2v) is 7.10. The number of nitrogens with one attached hydrogen (secondary N) is 1. The minimum Gasteiger partial charge on any atom is -0.345 e. The van der Waals surface area contributed by atoms with Crippen molar-refractivity contribution in [3.05, 3.63) is 17.0 Å². The van der Waals surface area contributed by atoms with Gasteiger partial charge in [0.15, 0.2) is 0 Å². The van der Waals surface area contributed by atoms with Crippen LogP contribution >= 0.6 is 0 Å². The molecule has 3 heterocycles. The Morgan fingerprint density at radius 1 is 1.30 bits per heavy atom. The minimum absolute atomic E-state index is 0.142. The average Bonchev–Trinajstić information content (AvgIpc) is 3.09. The maximum atomic E-state index is 12.5. The van der Waals surface area contributed by atoms with E-state index in [-0.39, 0.29) is 17.2 Å². The van der Waals surface area contributed by atoms with Gasteiger partial charge in [0.25, 0.3) is 0 Å². The first-order valence-corrected chi connectivity index (χ1v) is 8.47. The summed E-state index contributed by atoms with van der Waals surface area (Å²) in [7, 11) is 1.87. The number of aryl methyl sites for hydroxylation is 2. The number of carbonyl (C=O) groups excluding carboxylic acids is 2. The normalized spacial score (nSPS) is 24.7. The zero-order valence-electron chi connectivity index (χ0n) is 14.3. The van der Waals surface area contributed by atoms with Gasteiger partial charge in [-0.1, -0.05) is 0 Å². The largest absolute Gasteiger partial charge is 0.345 e. The molecule has 0 radical (unpaired) electrons. The van der Waals surface area contributed by atoms with Crippen LogP contribution < -0.4 is 0 Å². The molecular formula is C17H26N4O2. The van der Waals surface area contributed by atoms with E-state index in [1.807, 2.05) is 30.7 Å². The van der Waals surface area contributed by atoms with Gasteiger partial charge >= 0.3 is 0 Å². The summed E-state index contributed by atoms with van der Waals surface area (Å²) in [6.45, 7) is 6.15. The van der Waals surface area contributed by atoms with Crippen LogP contribution in [0.5, 0.6) is 0 Å². The van der Waals surface area contributed by atoms with Crippen molar-refractivity contribution in [3.8, 4) is 0 Å². The van der Waals surface area contributed by atoms with Crippen LogP contribution in [0.2, 0.25) is 0 Å². The lowest BCUT2D eigenvalue weighted by molar-refractivity contribution is -0.144. The van der Waals surface area contributed by atoms with E-state index in [9.17, 15) is 9.59 Å². The highest BCUT2D eigenvalue weighted by molar-refractivity contribution is 5.86. The summed E-state index contributed by atoms with van der Waals surface area (Å²) in [6.07, 6.45) is 3.88. The third-order valence-electron chi connectivity index (χ3n) is 5.59. The Kier molecular flexibility index (Phi) is 4.17. The van der Waals surface area contributed by atoms with Crippen molar-refractivity contribution in [1.29, 1.82) is 0 Å². The van der Waals surface area contributed by atoms with Crippen LogP contribution in [0.15, 0.2) is 0 Å². The van der Waals surface area contributed by atoms with Crippen molar-refractivity contribution >= 4 is 11.8 Å². The van der Waals surface area contributed by atoms with E-state index in [1.54, 1.807) is 0 Å². The smallest absolute Gasteiger partial charge is 0.230 e. The number of hydrogen-bond acceptors (Lipinski definition) is 3. The van der Waals surface area contributed by atoms with Crippen molar-refractivity contribution in [1.82, 2.24) is 20.0 Å². The Hall–Kier alpha value is -1.85. The van der Waals surface area contributed by atoms with Crippen molar-refractivity contribution in [3.63, 3.8) is 0 Å². The van der Waals surface area contributed by atoms with Crippen LogP contribution in [0.1, 0.15) is 42.6 Å². The molecular weight excluding hydrogens is 292 g/mol. The Morgan fingerprint density at radius 3 is 2.78 bits per heavy atom. The summed E-state index contributed by atoms with van der Waals surface area (Å²) < 4.78 is 0. The Balaban J connectivity index is 1.59. The summed E-state index contributed by atoms with van der Waals surface area (Å²) in [5, 5.41) is 7.23. The quantitative estimate of drug-likeness (QED) is 0.916. The molecule has 1 atom stereocenters. The second-order valence-electron chi connectivity index (χ2n) is 7.10. The van der Waals surface area contributed by atoms with E-state index >= 15 is 0 Å². The third-order valence-corrected chi connectivity index (χ3v) is 5.59. The van der Waals surface area contributed by atoms with Crippen LogP contribution in [0, 0.1) is 19.3 Å². The molecule has 0 saturated carbocycles. The van der Waals surface area contributed by atoms with E-state index in [0.717, 1.165) is 42.8 Å². The maximum Gasteiger partial charge on any atom is 0.230 e. The molecule has 2 aliphatic rings. The molecule has 0 unspecified atom stereocenters. The fourth-order valence-electron chi connectivity index (χ4n) is 3.89. The van der Waals surface area contributed by atoms with E-state index in [0.29, 0.717) is 25.9 Å². The van der Waals surface area contributed by atoms with Crippen molar-refractivity contribution in [2.24, 2.45) is 5.41 Å². The number of H-pyrrole nitrogens is 1. The van der Waals surface area contributed by atoms with Crippen LogP contribution in [0.25, 0.3) is 0 Å². The molecule has 2 saturated heterocycles. The zero-order valence-corrected chi connectivity index (χ0v) is 14.3. The van der Waals surface area contributed by atoms with Crippen LogP contribution in [0.3, 0.4) is 0 Å². The fourth-order valence-corrected chi connectivity index (χ4v) is 3.89. The molecule has 3 rings (SSSR count). The molecule has 2 amide bonds. The first-order chi connectivity index (χ1) is 10.9. The molecule has 1 aromatic heterocycles. The number of hydrogen-bond donors (Lipinski definition) is 1. The molecule has 0 bridgehead atoms. The monoisotopic (exact) mass is 318 g/mol. The molecule has 0 aliphatic carbocycles. The van der Waals surface area contributed by atoms with Gasteiger partial charge in [0.2, 0.25) is 11.8 Å². The Bertz CT molecular complexity index is 624. The van der Waals surface area contributed by atoms with Gasteiger partial charge in [-0.05, 0) is 38.7 Å². The maximum absolute atomic E-state index is 12.5. The molecule has 126 valence electrons. The lowest BCUT2D eigenvalue weighted by Gasteiger charge is -2.37. The lowest BCUT2D eigenvalue weighted by atomic mass is 9.78. The van der Waals surface area contributed by atoms with E-state index in [1.165, 1.54) is 0 Å². The van der Waals surface area contributed by atoms with Gasteiger partial charge in [-0.25, -0.2) is 0 Å². The molecule has 6 nitrogen and oxygen atoms in total. The van der Waals surface area contributed by atoms with Crippen molar-refractivity contribution in [2.75, 3.05) is 26.7 Å². The van der Waals surface area contributed by atoms with Crippen molar-refractivity contribution < 1.29 is 9.59 Å². The van der Waals surface area contributed by atoms with E-state index < -0.39 is 0 Å². The number of carbonyl (C=O) groups is 2. The van der Waals surface area contributed by atoms with Crippen LogP contribution in [-0.2, 0) is 16.0 Å². The summed E-state index contributed by atoms with van der Waals surface area (Å²) in [5.41, 5.74) is 2.85. The number of aromatic amines is 1. The minimum atomic E-state index is -0.318. The molecule has 1 aromatic rings. The lowest BCUT2D eigenvalue weighted by Crippen LogP contribution is -2.48. The number of amides is 2. The number of likely N-dealkylation sites (tertiary alicyclic amines) is 2. The first kappa shape index (κ1) is 16.0. The predicted molar refractivity (Wildman–Crippen MR) is 86.9 cm³/mol. The number of piperidine rings is 1. The zero-order chi connectivity index (χ0) is 16.6. The first-order valence-electron chi connectivity index (χ1n) is 8.47. The highest BCUT2D eigenvalue weighted by atomic mass is 16.2. The number of nitrogens with zero attached hydrogens (tertiary/aromatic N) is 3. The highest BCUT2D eigenvalue weighted by Crippen LogP contribution is 2.39. The number of aromatic nitrogens is 2. The van der Waals surface area contributed by atoms with E-state index in [4.69, 9.17) is 0 Å². The SMILES string of the molecule is Cc1[nH]nc(CCC(=O)N2CC[C@]3(CCCN(C)C3=O)C2)c1C. The van der Waals surface area contributed by atoms with Gasteiger partial charge in [0, 0.05) is 45.2 Å². The molecule has 2 aliphatic heterocycles. The van der Waals surface area contributed by atoms with Crippen molar-refractivity contribution in [2.45, 2.75) is 46.0 Å².